The molecule has 2 nitrogen and oxygen atoms in total. The number of nitrogens with zero attached hydrogens (tertiary/aromatic N) is 1. The minimum absolute atomic E-state index is 0.0244. The fourth-order valence-corrected chi connectivity index (χ4v) is 1.87. The predicted molar refractivity (Wildman–Crippen MR) is 65.6 cm³/mol. The van der Waals surface area contributed by atoms with Gasteiger partial charge in [0, 0.05) is 12.3 Å². The summed E-state index contributed by atoms with van der Waals surface area (Å²) in [4.78, 5) is 11.8. The van der Waals surface area contributed by atoms with Crippen molar-refractivity contribution in [3.8, 4) is 0 Å². The highest BCUT2D eigenvalue weighted by atomic mass is 16.1. The molecule has 2 rings (SSSR count). The van der Waals surface area contributed by atoms with Crippen LogP contribution in [0.3, 0.4) is 0 Å². The van der Waals surface area contributed by atoms with E-state index in [4.69, 9.17) is 0 Å². The zero-order valence-electron chi connectivity index (χ0n) is 9.55. The van der Waals surface area contributed by atoms with Crippen LogP contribution < -0.4 is 5.56 Å². The smallest absolute Gasteiger partial charge is 0.251 e. The molecular weight excluding hydrogens is 198 g/mol. The normalized spacial score (nSPS) is 11.4. The molecule has 16 heavy (non-hydrogen) atoms. The van der Waals surface area contributed by atoms with Gasteiger partial charge in [-0.05, 0) is 25.5 Å². The SMILES string of the molecule is CC(C)(c1ccccc1)n1ccccc1=O. The Morgan fingerprint density at radius 2 is 1.56 bits per heavy atom. The van der Waals surface area contributed by atoms with Crippen LogP contribution in [0.15, 0.2) is 59.5 Å². The summed E-state index contributed by atoms with van der Waals surface area (Å²) in [6.45, 7) is 4.09. The van der Waals surface area contributed by atoms with Crippen LogP contribution in [0.5, 0.6) is 0 Å². The molecule has 0 radical (unpaired) electrons. The Morgan fingerprint density at radius 3 is 2.19 bits per heavy atom. The van der Waals surface area contributed by atoms with E-state index in [1.165, 1.54) is 0 Å². The summed E-state index contributed by atoms with van der Waals surface area (Å²) >= 11 is 0. The maximum absolute atomic E-state index is 11.8. The van der Waals surface area contributed by atoms with Crippen molar-refractivity contribution in [2.45, 2.75) is 19.4 Å². The van der Waals surface area contributed by atoms with Crippen molar-refractivity contribution in [1.82, 2.24) is 4.57 Å². The van der Waals surface area contributed by atoms with E-state index in [1.807, 2.05) is 56.4 Å². The molecule has 2 aromatic rings. The van der Waals surface area contributed by atoms with Crippen molar-refractivity contribution >= 4 is 0 Å². The van der Waals surface area contributed by atoms with Gasteiger partial charge in [0.05, 0.1) is 5.54 Å². The molecule has 0 spiro atoms. The Balaban J connectivity index is 2.56. The van der Waals surface area contributed by atoms with Crippen LogP contribution in [0, 0.1) is 0 Å². The predicted octanol–water partition coefficient (Wildman–Crippen LogP) is 2.63. The highest BCUT2D eigenvalue weighted by Gasteiger charge is 2.22. The molecule has 1 aromatic heterocycles. The molecule has 0 aliphatic carbocycles. The van der Waals surface area contributed by atoms with Crippen molar-refractivity contribution in [2.24, 2.45) is 0 Å². The van der Waals surface area contributed by atoms with Crippen LogP contribution in [-0.4, -0.2) is 4.57 Å². The molecule has 0 saturated heterocycles. The van der Waals surface area contributed by atoms with Gasteiger partial charge in [0.1, 0.15) is 0 Å². The molecule has 0 amide bonds. The standard InChI is InChI=1S/C14H15NO/c1-14(2,12-8-4-3-5-9-12)15-11-7-6-10-13(15)16/h3-11H,1-2H3. The first-order chi connectivity index (χ1) is 7.62. The number of pyridine rings is 1. The van der Waals surface area contributed by atoms with Crippen molar-refractivity contribution < 1.29 is 0 Å². The van der Waals surface area contributed by atoms with E-state index in [-0.39, 0.29) is 11.1 Å². The number of aromatic nitrogens is 1. The molecule has 0 N–H and O–H groups in total. The minimum Gasteiger partial charge on any atom is -0.306 e. The molecule has 0 aliphatic rings. The summed E-state index contributed by atoms with van der Waals surface area (Å²) in [7, 11) is 0. The molecule has 0 fully saturated rings. The third-order valence-corrected chi connectivity index (χ3v) is 2.90. The summed E-state index contributed by atoms with van der Waals surface area (Å²) in [5, 5.41) is 0. The number of rotatable bonds is 2. The van der Waals surface area contributed by atoms with Crippen LogP contribution in [-0.2, 0) is 5.54 Å². The van der Waals surface area contributed by atoms with Gasteiger partial charge in [-0.1, -0.05) is 36.4 Å². The summed E-state index contributed by atoms with van der Waals surface area (Å²) in [5.74, 6) is 0. The Bertz CT molecular complexity index is 526. The van der Waals surface area contributed by atoms with Crippen LogP contribution in [0.1, 0.15) is 19.4 Å². The van der Waals surface area contributed by atoms with Gasteiger partial charge in [-0.3, -0.25) is 4.79 Å². The number of benzene rings is 1. The fraction of sp³-hybridized carbons (Fsp3) is 0.214. The lowest BCUT2D eigenvalue weighted by Gasteiger charge is -2.28. The lowest BCUT2D eigenvalue weighted by molar-refractivity contribution is 0.422. The Labute approximate surface area is 95.2 Å². The summed E-state index contributed by atoms with van der Waals surface area (Å²) in [5.41, 5.74) is 0.833. The van der Waals surface area contributed by atoms with Crippen LogP contribution >= 0.6 is 0 Å². The van der Waals surface area contributed by atoms with Gasteiger partial charge in [0.2, 0.25) is 0 Å². The first-order valence-electron chi connectivity index (χ1n) is 5.36. The maximum atomic E-state index is 11.8. The second-order valence-electron chi connectivity index (χ2n) is 4.33. The molecule has 82 valence electrons. The van der Waals surface area contributed by atoms with Crippen molar-refractivity contribution in [2.75, 3.05) is 0 Å². The topological polar surface area (TPSA) is 22.0 Å². The van der Waals surface area contributed by atoms with Gasteiger partial charge in [-0.15, -0.1) is 0 Å². The Kier molecular flexibility index (Phi) is 2.65. The van der Waals surface area contributed by atoms with E-state index in [9.17, 15) is 4.79 Å². The average Bonchev–Trinajstić information content (AvgIpc) is 2.30. The third kappa shape index (κ3) is 1.78. The molecule has 0 unspecified atom stereocenters. The average molecular weight is 213 g/mol. The Hall–Kier alpha value is -1.83. The monoisotopic (exact) mass is 213 g/mol. The van der Waals surface area contributed by atoms with E-state index in [1.54, 1.807) is 16.7 Å². The quantitative estimate of drug-likeness (QED) is 0.751. The molecule has 1 aromatic carbocycles. The second-order valence-corrected chi connectivity index (χ2v) is 4.33. The maximum Gasteiger partial charge on any atom is 0.251 e. The number of hydrogen-bond donors (Lipinski definition) is 0. The molecule has 1 heterocycles. The zero-order chi connectivity index (χ0) is 11.6. The molecule has 0 atom stereocenters. The van der Waals surface area contributed by atoms with E-state index in [0.717, 1.165) is 5.56 Å². The van der Waals surface area contributed by atoms with E-state index in [2.05, 4.69) is 0 Å². The highest BCUT2D eigenvalue weighted by Crippen LogP contribution is 2.23. The first kappa shape index (κ1) is 10.7. The van der Waals surface area contributed by atoms with Crippen LogP contribution in [0.2, 0.25) is 0 Å². The fourth-order valence-electron chi connectivity index (χ4n) is 1.87. The summed E-state index contributed by atoms with van der Waals surface area (Å²) < 4.78 is 1.75. The minimum atomic E-state index is -0.320. The lowest BCUT2D eigenvalue weighted by atomic mass is 9.94. The van der Waals surface area contributed by atoms with Gasteiger partial charge < -0.3 is 4.57 Å². The molecule has 0 aliphatic heterocycles. The molecular formula is C14H15NO. The molecule has 0 saturated carbocycles. The largest absolute Gasteiger partial charge is 0.306 e. The van der Waals surface area contributed by atoms with Crippen LogP contribution in [0.25, 0.3) is 0 Å². The highest BCUT2D eigenvalue weighted by molar-refractivity contribution is 5.24. The Morgan fingerprint density at radius 1 is 0.938 bits per heavy atom. The second kappa shape index (κ2) is 3.97. The van der Waals surface area contributed by atoms with Crippen molar-refractivity contribution in [3.05, 3.63) is 70.6 Å². The molecule has 2 heteroatoms. The van der Waals surface area contributed by atoms with Gasteiger partial charge in [-0.2, -0.15) is 0 Å². The third-order valence-electron chi connectivity index (χ3n) is 2.90. The zero-order valence-corrected chi connectivity index (χ0v) is 9.55. The van der Waals surface area contributed by atoms with Crippen LogP contribution in [0.4, 0.5) is 0 Å². The van der Waals surface area contributed by atoms with Gasteiger partial charge in [0.15, 0.2) is 0 Å². The van der Waals surface area contributed by atoms with E-state index in [0.29, 0.717) is 0 Å². The van der Waals surface area contributed by atoms with Gasteiger partial charge >= 0.3 is 0 Å². The van der Waals surface area contributed by atoms with E-state index >= 15 is 0 Å². The summed E-state index contributed by atoms with van der Waals surface area (Å²) in [6, 6.07) is 15.3. The van der Waals surface area contributed by atoms with Crippen molar-refractivity contribution in [1.29, 1.82) is 0 Å². The van der Waals surface area contributed by atoms with E-state index < -0.39 is 0 Å². The first-order valence-corrected chi connectivity index (χ1v) is 5.36. The number of hydrogen-bond acceptors (Lipinski definition) is 1. The molecule has 0 bridgehead atoms. The lowest BCUT2D eigenvalue weighted by Crippen LogP contribution is -2.36. The summed E-state index contributed by atoms with van der Waals surface area (Å²) in [6.07, 6.45) is 1.83. The van der Waals surface area contributed by atoms with Gasteiger partial charge in [0.25, 0.3) is 5.56 Å². The van der Waals surface area contributed by atoms with Gasteiger partial charge in [-0.25, -0.2) is 0 Å². The van der Waals surface area contributed by atoms with Crippen molar-refractivity contribution in [3.63, 3.8) is 0 Å².